The minimum atomic E-state index is -0.799. The average molecular weight is 413 g/mol. The number of benzene rings is 2. The molecule has 150 valence electrons. The van der Waals surface area contributed by atoms with Crippen molar-refractivity contribution in [1.29, 1.82) is 0 Å². The van der Waals surface area contributed by atoms with Crippen LogP contribution in [0.25, 0.3) is 0 Å². The molecule has 2 aromatic carbocycles. The van der Waals surface area contributed by atoms with Crippen molar-refractivity contribution in [3.05, 3.63) is 71.8 Å². The average Bonchev–Trinajstić information content (AvgIpc) is 2.74. The lowest BCUT2D eigenvalue weighted by Crippen LogP contribution is -2.19. The van der Waals surface area contributed by atoms with Crippen molar-refractivity contribution < 1.29 is 0 Å². The van der Waals surface area contributed by atoms with E-state index in [0.29, 0.717) is 0 Å². The smallest absolute Gasteiger partial charge is 0.0622 e. The molecular weight excluding hydrogens is 374 g/mol. The van der Waals surface area contributed by atoms with Crippen LogP contribution in [0.2, 0.25) is 0 Å². The minimum absolute atomic E-state index is 0.799. The van der Waals surface area contributed by atoms with Gasteiger partial charge in [-0.2, -0.15) is 0 Å². The number of hydrogen-bond acceptors (Lipinski definition) is 0. The molecule has 2 heteroatoms. The lowest BCUT2D eigenvalue weighted by atomic mass is 10.2. The molecule has 3 heterocycles. The van der Waals surface area contributed by atoms with Crippen molar-refractivity contribution in [3.8, 4) is 0 Å². The second-order valence-electron chi connectivity index (χ2n) is 9.43. The highest BCUT2D eigenvalue weighted by molar-refractivity contribution is 7.75. The first-order valence-electron chi connectivity index (χ1n) is 11.6. The first-order chi connectivity index (χ1) is 13.8. The van der Waals surface area contributed by atoms with Crippen LogP contribution in [0.4, 0.5) is 0 Å². The Morgan fingerprint density at radius 1 is 0.429 bits per heavy atom. The van der Waals surface area contributed by atoms with Crippen LogP contribution in [0.3, 0.4) is 0 Å². The number of fused-ring (bicyclic) bond motifs is 9. The molecule has 0 spiro atoms. The molecule has 0 aromatic heterocycles. The third-order valence-corrected chi connectivity index (χ3v) is 16.9. The van der Waals surface area contributed by atoms with Gasteiger partial charge in [-0.15, -0.1) is 0 Å². The molecule has 0 atom stereocenters. The van der Waals surface area contributed by atoms with Gasteiger partial charge >= 0.3 is 0 Å². The van der Waals surface area contributed by atoms with Crippen LogP contribution in [0.1, 0.15) is 49.7 Å². The second kappa shape index (κ2) is 9.87. The van der Waals surface area contributed by atoms with E-state index in [4.69, 9.17) is 0 Å². The van der Waals surface area contributed by atoms with Crippen LogP contribution in [-0.4, -0.2) is 37.0 Å². The molecule has 0 unspecified atom stereocenters. The molecule has 0 aliphatic carbocycles. The van der Waals surface area contributed by atoms with Crippen molar-refractivity contribution >= 4 is 14.5 Å². The van der Waals surface area contributed by atoms with Gasteiger partial charge in [-0.05, 0) is 49.7 Å². The third kappa shape index (κ3) is 5.46. The highest BCUT2D eigenvalue weighted by Gasteiger charge is 2.42. The van der Waals surface area contributed by atoms with Crippen molar-refractivity contribution in [3.63, 3.8) is 0 Å². The number of rotatable bonds is 4. The minimum Gasteiger partial charge on any atom is -0.0622 e. The summed E-state index contributed by atoms with van der Waals surface area (Å²) in [5.41, 5.74) is 3.24. The fourth-order valence-corrected chi connectivity index (χ4v) is 15.4. The largest absolute Gasteiger partial charge is 0.0842 e. The summed E-state index contributed by atoms with van der Waals surface area (Å²) in [4.78, 5) is 0. The Bertz CT molecular complexity index is 612. The van der Waals surface area contributed by atoms with E-state index in [1.165, 1.54) is 50.8 Å². The third-order valence-electron chi connectivity index (χ3n) is 7.27. The van der Waals surface area contributed by atoms with Gasteiger partial charge in [-0.3, -0.25) is 0 Å². The maximum absolute atomic E-state index is 2.39. The van der Waals surface area contributed by atoms with Gasteiger partial charge in [0.25, 0.3) is 0 Å². The van der Waals surface area contributed by atoms with Gasteiger partial charge in [-0.25, -0.2) is 0 Å². The fourth-order valence-electron chi connectivity index (χ4n) is 5.77. The summed E-state index contributed by atoms with van der Waals surface area (Å²) in [6, 6.07) is 22.9. The Morgan fingerprint density at radius 2 is 0.714 bits per heavy atom. The van der Waals surface area contributed by atoms with Crippen molar-refractivity contribution in [2.75, 3.05) is 37.0 Å². The van der Waals surface area contributed by atoms with Crippen molar-refractivity contribution in [1.82, 2.24) is 0 Å². The molecule has 3 aliphatic heterocycles. The SMILES string of the molecule is c1ccc(C[P+]23CCCC[P+](Cc4ccccc4)(CCCC2)CCCC3)cc1. The van der Waals surface area contributed by atoms with Crippen LogP contribution < -0.4 is 0 Å². The highest BCUT2D eigenvalue weighted by atomic mass is 31.2. The molecule has 0 saturated carbocycles. The maximum Gasteiger partial charge on any atom is 0.0842 e. The Labute approximate surface area is 174 Å². The zero-order valence-electron chi connectivity index (χ0n) is 17.6. The highest BCUT2D eigenvalue weighted by Crippen LogP contribution is 2.68. The topological polar surface area (TPSA) is 0 Å². The van der Waals surface area contributed by atoms with E-state index in [0.717, 1.165) is 0 Å². The predicted molar refractivity (Wildman–Crippen MR) is 131 cm³/mol. The molecule has 3 fully saturated rings. The van der Waals surface area contributed by atoms with Crippen LogP contribution in [0.15, 0.2) is 60.7 Å². The molecule has 0 nitrogen and oxygen atoms in total. The zero-order chi connectivity index (χ0) is 19.1. The lowest BCUT2D eigenvalue weighted by molar-refractivity contribution is 0.790. The normalized spacial score (nSPS) is 29.0. The zero-order valence-corrected chi connectivity index (χ0v) is 19.4. The van der Waals surface area contributed by atoms with E-state index < -0.39 is 14.5 Å². The van der Waals surface area contributed by atoms with Crippen LogP contribution >= 0.6 is 14.5 Å². The summed E-state index contributed by atoms with van der Waals surface area (Å²) < 4.78 is 0. The van der Waals surface area contributed by atoms with Crippen molar-refractivity contribution in [2.24, 2.45) is 0 Å². The van der Waals surface area contributed by atoms with E-state index >= 15 is 0 Å². The van der Waals surface area contributed by atoms with E-state index in [1.807, 2.05) is 0 Å². The standard InChI is InChI=1S/C26H38P2/c1-3-13-25(14-4-1)23-27-17-7-10-20-28(21-11-8-18-27,22-12-9-19-27)24-26-15-5-2-6-16-26/h1-6,13-16H,7-12,17-24H2/q+2. The molecule has 0 amide bonds. The predicted octanol–water partition coefficient (Wildman–Crippen LogP) is 7.79. The first-order valence-corrected chi connectivity index (χ1v) is 16.6. The molecule has 2 aromatic rings. The summed E-state index contributed by atoms with van der Waals surface area (Å²) >= 11 is 0. The molecule has 0 radical (unpaired) electrons. The molecular formula is C26H38P2+2. The molecule has 5 rings (SSSR count). The number of hydrogen-bond donors (Lipinski definition) is 0. The first kappa shape index (κ1) is 20.6. The van der Waals surface area contributed by atoms with E-state index in [-0.39, 0.29) is 0 Å². The maximum atomic E-state index is 2.39. The van der Waals surface area contributed by atoms with E-state index in [1.54, 1.807) is 48.1 Å². The Hall–Kier alpha value is -0.700. The van der Waals surface area contributed by atoms with E-state index in [9.17, 15) is 0 Å². The van der Waals surface area contributed by atoms with Crippen LogP contribution in [0.5, 0.6) is 0 Å². The molecule has 3 saturated heterocycles. The van der Waals surface area contributed by atoms with E-state index in [2.05, 4.69) is 60.7 Å². The van der Waals surface area contributed by atoms with Gasteiger partial charge in [0, 0.05) is 14.5 Å². The van der Waals surface area contributed by atoms with Gasteiger partial charge < -0.3 is 0 Å². The Balaban J connectivity index is 1.50. The summed E-state index contributed by atoms with van der Waals surface area (Å²) in [6.45, 7) is 0. The molecule has 3 aliphatic rings. The summed E-state index contributed by atoms with van der Waals surface area (Å²) in [5.74, 6) is 0. The van der Waals surface area contributed by atoms with Gasteiger partial charge in [-0.1, -0.05) is 60.7 Å². The van der Waals surface area contributed by atoms with Crippen molar-refractivity contribution in [2.45, 2.75) is 50.8 Å². The van der Waals surface area contributed by atoms with Gasteiger partial charge in [0.15, 0.2) is 0 Å². The van der Waals surface area contributed by atoms with Gasteiger partial charge in [0.1, 0.15) is 0 Å². The van der Waals surface area contributed by atoms with Gasteiger partial charge in [0.05, 0.1) is 49.3 Å². The molecule has 2 bridgehead atoms. The summed E-state index contributed by atoms with van der Waals surface area (Å²) in [7, 11) is -1.60. The Morgan fingerprint density at radius 3 is 1.00 bits per heavy atom. The monoisotopic (exact) mass is 412 g/mol. The quantitative estimate of drug-likeness (QED) is 0.450. The lowest BCUT2D eigenvalue weighted by Gasteiger charge is -2.34. The Kier molecular flexibility index (Phi) is 7.25. The van der Waals surface area contributed by atoms with Crippen LogP contribution in [0, 0.1) is 0 Å². The fraction of sp³-hybridized carbons (Fsp3) is 0.538. The van der Waals surface area contributed by atoms with Crippen LogP contribution in [-0.2, 0) is 12.3 Å². The molecule has 0 N–H and O–H groups in total. The summed E-state index contributed by atoms with van der Waals surface area (Å²) in [5, 5.41) is 0. The second-order valence-corrected chi connectivity index (χ2v) is 18.1. The van der Waals surface area contributed by atoms with Gasteiger partial charge in [0.2, 0.25) is 0 Å². The molecule has 28 heavy (non-hydrogen) atoms. The summed E-state index contributed by atoms with van der Waals surface area (Å²) in [6.07, 6.45) is 21.4.